The summed E-state index contributed by atoms with van der Waals surface area (Å²) in [5, 5.41) is 6.62. The molecule has 26 heavy (non-hydrogen) atoms. The van der Waals surface area contributed by atoms with Crippen LogP contribution in [0.2, 0.25) is 0 Å². The molecule has 1 aromatic heterocycles. The number of guanidine groups is 1. The third-order valence-electron chi connectivity index (χ3n) is 3.86. The van der Waals surface area contributed by atoms with Gasteiger partial charge in [-0.25, -0.2) is 4.98 Å². The van der Waals surface area contributed by atoms with E-state index in [9.17, 15) is 0 Å². The van der Waals surface area contributed by atoms with Crippen LogP contribution in [0.25, 0.3) is 0 Å². The van der Waals surface area contributed by atoms with Gasteiger partial charge in [0.1, 0.15) is 5.82 Å². The number of rotatable bonds is 5. The first-order valence-electron chi connectivity index (χ1n) is 8.11. The molecule has 0 amide bonds. The second-order valence-electron chi connectivity index (χ2n) is 5.85. The molecule has 7 nitrogen and oxygen atoms in total. The van der Waals surface area contributed by atoms with Crippen LogP contribution in [0.4, 0.5) is 5.82 Å². The van der Waals surface area contributed by atoms with E-state index in [2.05, 4.69) is 26.7 Å². The Labute approximate surface area is 170 Å². The van der Waals surface area contributed by atoms with Gasteiger partial charge in [0.05, 0.1) is 0 Å². The standard InChI is InChI=1S/C18H23N5O2.HI/c1-19-18(22-11-14-5-4-8-20-17(14)23(2)3)21-10-13-6-7-15-16(9-13)25-12-24-15;/h4-9H,10-12H2,1-3H3,(H2,19,21,22);1H. The fourth-order valence-electron chi connectivity index (χ4n) is 2.61. The molecule has 0 atom stereocenters. The van der Waals surface area contributed by atoms with Gasteiger partial charge in [-0.3, -0.25) is 4.99 Å². The Bertz CT molecular complexity index is 767. The van der Waals surface area contributed by atoms with Gasteiger partial charge in [-0.1, -0.05) is 12.1 Å². The lowest BCUT2D eigenvalue weighted by molar-refractivity contribution is 0.174. The average molecular weight is 469 g/mol. The highest BCUT2D eigenvalue weighted by molar-refractivity contribution is 14.0. The predicted octanol–water partition coefficient (Wildman–Crippen LogP) is 2.36. The average Bonchev–Trinajstić information content (AvgIpc) is 3.10. The van der Waals surface area contributed by atoms with E-state index < -0.39 is 0 Å². The lowest BCUT2D eigenvalue weighted by atomic mass is 10.2. The van der Waals surface area contributed by atoms with E-state index in [4.69, 9.17) is 9.47 Å². The molecule has 0 bridgehead atoms. The minimum Gasteiger partial charge on any atom is -0.454 e. The molecular formula is C18H24IN5O2. The molecule has 0 unspecified atom stereocenters. The van der Waals surface area contributed by atoms with Crippen molar-refractivity contribution in [3.8, 4) is 11.5 Å². The number of aliphatic imine (C=N–C) groups is 1. The summed E-state index contributed by atoms with van der Waals surface area (Å²) in [6.45, 7) is 1.57. The van der Waals surface area contributed by atoms with Crippen LogP contribution < -0.4 is 25.0 Å². The SMILES string of the molecule is CN=C(NCc1ccc2c(c1)OCO2)NCc1cccnc1N(C)C.I. The van der Waals surface area contributed by atoms with Crippen LogP contribution in [0.1, 0.15) is 11.1 Å². The monoisotopic (exact) mass is 469 g/mol. The highest BCUT2D eigenvalue weighted by Crippen LogP contribution is 2.32. The van der Waals surface area contributed by atoms with E-state index in [1.807, 2.05) is 43.3 Å². The summed E-state index contributed by atoms with van der Waals surface area (Å²) in [5.41, 5.74) is 2.21. The first-order chi connectivity index (χ1) is 12.2. The summed E-state index contributed by atoms with van der Waals surface area (Å²) in [6, 6.07) is 9.91. The minimum absolute atomic E-state index is 0. The number of halogens is 1. The number of aromatic nitrogens is 1. The normalized spacial score (nSPS) is 12.3. The van der Waals surface area contributed by atoms with Gasteiger partial charge in [-0.15, -0.1) is 24.0 Å². The summed E-state index contributed by atoms with van der Waals surface area (Å²) >= 11 is 0. The fourth-order valence-corrected chi connectivity index (χ4v) is 2.61. The van der Waals surface area contributed by atoms with E-state index >= 15 is 0 Å². The van der Waals surface area contributed by atoms with Crippen LogP contribution in [-0.2, 0) is 13.1 Å². The molecule has 1 aliphatic heterocycles. The van der Waals surface area contributed by atoms with Gasteiger partial charge in [0, 0.05) is 46.0 Å². The van der Waals surface area contributed by atoms with Crippen LogP contribution in [0.5, 0.6) is 11.5 Å². The Morgan fingerprint density at radius 2 is 1.92 bits per heavy atom. The van der Waals surface area contributed by atoms with Gasteiger partial charge in [-0.05, 0) is 23.8 Å². The highest BCUT2D eigenvalue weighted by Gasteiger charge is 2.13. The summed E-state index contributed by atoms with van der Waals surface area (Å²) in [6.07, 6.45) is 1.80. The third-order valence-corrected chi connectivity index (χ3v) is 3.86. The van der Waals surface area contributed by atoms with E-state index in [-0.39, 0.29) is 30.8 Å². The second-order valence-corrected chi connectivity index (χ2v) is 5.85. The molecule has 0 fully saturated rings. The Kier molecular flexibility index (Phi) is 7.31. The fraction of sp³-hybridized carbons (Fsp3) is 0.333. The predicted molar refractivity (Wildman–Crippen MR) is 114 cm³/mol. The van der Waals surface area contributed by atoms with E-state index in [0.29, 0.717) is 13.1 Å². The van der Waals surface area contributed by atoms with Crippen molar-refractivity contribution in [2.45, 2.75) is 13.1 Å². The van der Waals surface area contributed by atoms with Crippen molar-refractivity contribution in [3.05, 3.63) is 47.7 Å². The molecule has 3 rings (SSSR count). The number of nitrogens with one attached hydrogen (secondary N) is 2. The summed E-state index contributed by atoms with van der Waals surface area (Å²) in [5.74, 6) is 3.25. The number of fused-ring (bicyclic) bond motifs is 1. The molecule has 0 saturated carbocycles. The Morgan fingerprint density at radius 1 is 1.15 bits per heavy atom. The van der Waals surface area contributed by atoms with Gasteiger partial charge in [0.2, 0.25) is 6.79 Å². The summed E-state index contributed by atoms with van der Waals surface area (Å²) in [7, 11) is 5.72. The van der Waals surface area contributed by atoms with Crippen LogP contribution in [0.15, 0.2) is 41.5 Å². The number of benzene rings is 1. The van der Waals surface area contributed by atoms with Crippen molar-refractivity contribution < 1.29 is 9.47 Å². The third kappa shape index (κ3) is 4.90. The van der Waals surface area contributed by atoms with Gasteiger partial charge >= 0.3 is 0 Å². The Hall–Kier alpha value is -2.23. The van der Waals surface area contributed by atoms with Gasteiger partial charge < -0.3 is 25.0 Å². The van der Waals surface area contributed by atoms with Crippen molar-refractivity contribution in [1.29, 1.82) is 0 Å². The maximum Gasteiger partial charge on any atom is 0.231 e. The summed E-state index contributed by atoms with van der Waals surface area (Å²) in [4.78, 5) is 10.7. The maximum absolute atomic E-state index is 5.41. The topological polar surface area (TPSA) is 71.0 Å². The smallest absolute Gasteiger partial charge is 0.231 e. The van der Waals surface area contributed by atoms with Crippen LogP contribution in [-0.4, -0.2) is 38.9 Å². The molecule has 0 spiro atoms. The van der Waals surface area contributed by atoms with Crippen LogP contribution >= 0.6 is 24.0 Å². The molecule has 1 aromatic carbocycles. The van der Waals surface area contributed by atoms with Crippen LogP contribution in [0, 0.1) is 0 Å². The van der Waals surface area contributed by atoms with Gasteiger partial charge in [0.15, 0.2) is 17.5 Å². The molecule has 2 N–H and O–H groups in total. The second kappa shape index (κ2) is 9.46. The molecule has 2 heterocycles. The first kappa shape index (κ1) is 20.1. The molecule has 0 saturated heterocycles. The van der Waals surface area contributed by atoms with Crippen molar-refractivity contribution in [2.24, 2.45) is 4.99 Å². The van der Waals surface area contributed by atoms with Crippen molar-refractivity contribution in [1.82, 2.24) is 15.6 Å². The summed E-state index contributed by atoms with van der Waals surface area (Å²) < 4.78 is 10.7. The van der Waals surface area contributed by atoms with E-state index in [1.165, 1.54) is 0 Å². The number of hydrogen-bond donors (Lipinski definition) is 2. The number of nitrogens with zero attached hydrogens (tertiary/aromatic N) is 3. The maximum atomic E-state index is 5.41. The minimum atomic E-state index is 0. The molecular weight excluding hydrogens is 445 g/mol. The number of anilines is 1. The highest BCUT2D eigenvalue weighted by atomic mass is 127. The number of ether oxygens (including phenoxy) is 2. The number of hydrogen-bond acceptors (Lipinski definition) is 5. The Morgan fingerprint density at radius 3 is 2.69 bits per heavy atom. The lowest BCUT2D eigenvalue weighted by Crippen LogP contribution is -2.36. The van der Waals surface area contributed by atoms with E-state index in [0.717, 1.165) is 34.4 Å². The molecule has 2 aromatic rings. The zero-order chi connectivity index (χ0) is 17.6. The van der Waals surface area contributed by atoms with Gasteiger partial charge in [-0.2, -0.15) is 0 Å². The lowest BCUT2D eigenvalue weighted by Gasteiger charge is -2.17. The zero-order valence-corrected chi connectivity index (χ0v) is 17.5. The van der Waals surface area contributed by atoms with Crippen molar-refractivity contribution in [2.75, 3.05) is 32.8 Å². The van der Waals surface area contributed by atoms with Gasteiger partial charge in [0.25, 0.3) is 0 Å². The largest absolute Gasteiger partial charge is 0.454 e. The molecule has 1 aliphatic rings. The molecule has 0 aliphatic carbocycles. The molecule has 0 radical (unpaired) electrons. The van der Waals surface area contributed by atoms with Crippen molar-refractivity contribution >= 4 is 35.8 Å². The quantitative estimate of drug-likeness (QED) is 0.398. The van der Waals surface area contributed by atoms with Crippen molar-refractivity contribution in [3.63, 3.8) is 0 Å². The number of pyridine rings is 1. The molecule has 140 valence electrons. The first-order valence-corrected chi connectivity index (χ1v) is 8.11. The Balaban J connectivity index is 0.00000243. The molecule has 8 heteroatoms. The van der Waals surface area contributed by atoms with E-state index in [1.54, 1.807) is 13.2 Å². The van der Waals surface area contributed by atoms with Crippen LogP contribution in [0.3, 0.4) is 0 Å². The zero-order valence-electron chi connectivity index (χ0n) is 15.2.